The maximum absolute atomic E-state index is 12.5. The fraction of sp³-hybridized carbons (Fsp3) is 0.588. The second kappa shape index (κ2) is 5.99. The van der Waals surface area contributed by atoms with Crippen molar-refractivity contribution < 1.29 is 14.3 Å². The standard InChI is InChI=1S/C17H22ClNO3/c1-17(2)6-3-5-14(17)19-16(20)11-9-12(18)15-13(10-11)21-7-4-8-22-15/h9-10,14H,3-8H2,1-2H3,(H,19,20)/t14-/m0/s1. The highest BCUT2D eigenvalue weighted by Gasteiger charge is 2.35. The number of rotatable bonds is 2. The van der Waals surface area contributed by atoms with Crippen molar-refractivity contribution in [1.29, 1.82) is 0 Å². The molecular formula is C17H22ClNO3. The van der Waals surface area contributed by atoms with Gasteiger partial charge in [-0.2, -0.15) is 0 Å². The normalized spacial score (nSPS) is 23.0. The molecule has 1 aliphatic carbocycles. The van der Waals surface area contributed by atoms with Crippen molar-refractivity contribution in [2.75, 3.05) is 13.2 Å². The van der Waals surface area contributed by atoms with E-state index in [4.69, 9.17) is 21.1 Å². The third kappa shape index (κ3) is 3.02. The van der Waals surface area contributed by atoms with Crippen LogP contribution in [-0.2, 0) is 0 Å². The van der Waals surface area contributed by atoms with Gasteiger partial charge in [0.15, 0.2) is 11.5 Å². The summed E-state index contributed by atoms with van der Waals surface area (Å²) in [5, 5.41) is 3.57. The van der Waals surface area contributed by atoms with Gasteiger partial charge in [0.05, 0.1) is 18.2 Å². The van der Waals surface area contributed by atoms with Crippen LogP contribution in [0.25, 0.3) is 0 Å². The first-order valence-corrected chi connectivity index (χ1v) is 8.25. The van der Waals surface area contributed by atoms with E-state index in [0.717, 1.165) is 25.7 Å². The molecule has 0 bridgehead atoms. The largest absolute Gasteiger partial charge is 0.489 e. The Hall–Kier alpha value is -1.42. The van der Waals surface area contributed by atoms with Crippen LogP contribution in [0.15, 0.2) is 12.1 Å². The van der Waals surface area contributed by atoms with Gasteiger partial charge in [0.1, 0.15) is 0 Å². The Kier molecular flexibility index (Phi) is 4.22. The second-order valence-electron chi connectivity index (χ2n) is 6.74. The van der Waals surface area contributed by atoms with E-state index in [1.807, 2.05) is 0 Å². The predicted molar refractivity (Wildman–Crippen MR) is 85.9 cm³/mol. The summed E-state index contributed by atoms with van der Waals surface area (Å²) in [6.07, 6.45) is 4.12. The number of benzene rings is 1. The Balaban J connectivity index is 1.81. The zero-order valence-electron chi connectivity index (χ0n) is 13.1. The molecule has 0 spiro atoms. The number of ether oxygens (including phenoxy) is 2. The van der Waals surface area contributed by atoms with Gasteiger partial charge >= 0.3 is 0 Å². The average Bonchev–Trinajstić information content (AvgIpc) is 2.67. The number of carbonyl (C=O) groups is 1. The summed E-state index contributed by atoms with van der Waals surface area (Å²) in [5.74, 6) is 0.996. The molecule has 5 heteroatoms. The highest BCUT2D eigenvalue weighted by Crippen LogP contribution is 2.39. The number of halogens is 1. The summed E-state index contributed by atoms with van der Waals surface area (Å²) in [6, 6.07) is 3.59. The summed E-state index contributed by atoms with van der Waals surface area (Å²) >= 11 is 6.25. The van der Waals surface area contributed by atoms with Gasteiger partial charge in [0.25, 0.3) is 5.91 Å². The Morgan fingerprint density at radius 2 is 2.05 bits per heavy atom. The molecule has 1 amide bonds. The highest BCUT2D eigenvalue weighted by atomic mass is 35.5. The number of carbonyl (C=O) groups excluding carboxylic acids is 1. The van der Waals surface area contributed by atoms with E-state index in [1.54, 1.807) is 12.1 Å². The van der Waals surface area contributed by atoms with Crippen LogP contribution in [0.5, 0.6) is 11.5 Å². The van der Waals surface area contributed by atoms with Gasteiger partial charge in [-0.05, 0) is 30.4 Å². The minimum Gasteiger partial charge on any atom is -0.489 e. The van der Waals surface area contributed by atoms with Gasteiger partial charge in [-0.1, -0.05) is 31.9 Å². The maximum atomic E-state index is 12.5. The molecule has 1 aromatic carbocycles. The molecule has 1 aromatic rings. The zero-order valence-corrected chi connectivity index (χ0v) is 13.8. The Bertz CT molecular complexity index is 586. The lowest BCUT2D eigenvalue weighted by atomic mass is 9.87. The molecule has 2 aliphatic rings. The molecule has 1 aliphatic heterocycles. The molecule has 1 heterocycles. The molecule has 0 aromatic heterocycles. The summed E-state index contributed by atoms with van der Waals surface area (Å²) < 4.78 is 11.2. The lowest BCUT2D eigenvalue weighted by Crippen LogP contribution is -2.41. The van der Waals surface area contributed by atoms with Crippen LogP contribution in [0, 0.1) is 5.41 Å². The quantitative estimate of drug-likeness (QED) is 0.900. The summed E-state index contributed by atoms with van der Waals surface area (Å²) in [7, 11) is 0. The second-order valence-corrected chi connectivity index (χ2v) is 7.15. The third-order valence-electron chi connectivity index (χ3n) is 4.63. The predicted octanol–water partition coefficient (Wildman–Crippen LogP) is 3.81. The minimum atomic E-state index is -0.0995. The molecule has 0 saturated heterocycles. The number of amides is 1. The smallest absolute Gasteiger partial charge is 0.251 e. The van der Waals surface area contributed by atoms with Gasteiger partial charge in [0.2, 0.25) is 0 Å². The van der Waals surface area contributed by atoms with E-state index >= 15 is 0 Å². The number of hydrogen-bond donors (Lipinski definition) is 1. The van der Waals surface area contributed by atoms with E-state index in [0.29, 0.717) is 35.3 Å². The van der Waals surface area contributed by atoms with E-state index < -0.39 is 0 Å². The fourth-order valence-electron chi connectivity index (χ4n) is 3.20. The van der Waals surface area contributed by atoms with Gasteiger partial charge < -0.3 is 14.8 Å². The molecule has 0 unspecified atom stereocenters. The Labute approximate surface area is 136 Å². The van der Waals surface area contributed by atoms with Gasteiger partial charge in [0, 0.05) is 18.0 Å². The molecule has 22 heavy (non-hydrogen) atoms. The zero-order chi connectivity index (χ0) is 15.7. The number of nitrogens with one attached hydrogen (secondary N) is 1. The van der Waals surface area contributed by atoms with Crippen molar-refractivity contribution in [3.63, 3.8) is 0 Å². The van der Waals surface area contributed by atoms with Crippen molar-refractivity contribution in [3.05, 3.63) is 22.7 Å². The van der Waals surface area contributed by atoms with Crippen LogP contribution in [0.1, 0.15) is 49.9 Å². The molecular weight excluding hydrogens is 302 g/mol. The molecule has 4 nitrogen and oxygen atoms in total. The molecule has 1 N–H and O–H groups in total. The van der Waals surface area contributed by atoms with E-state index in [-0.39, 0.29) is 17.4 Å². The SMILES string of the molecule is CC1(C)CCC[C@@H]1NC(=O)c1cc(Cl)c2c(c1)OCCCO2. The van der Waals surface area contributed by atoms with Gasteiger partial charge in [-0.15, -0.1) is 0 Å². The first kappa shape index (κ1) is 15.5. The van der Waals surface area contributed by atoms with Crippen molar-refractivity contribution in [3.8, 4) is 11.5 Å². The first-order valence-electron chi connectivity index (χ1n) is 7.87. The number of hydrogen-bond acceptors (Lipinski definition) is 3. The Morgan fingerprint density at radius 3 is 2.77 bits per heavy atom. The highest BCUT2D eigenvalue weighted by molar-refractivity contribution is 6.32. The third-order valence-corrected chi connectivity index (χ3v) is 4.91. The summed E-state index contributed by atoms with van der Waals surface area (Å²) in [6.45, 7) is 5.55. The fourth-order valence-corrected chi connectivity index (χ4v) is 3.46. The summed E-state index contributed by atoms with van der Waals surface area (Å²) in [4.78, 5) is 12.5. The van der Waals surface area contributed by atoms with Crippen LogP contribution >= 0.6 is 11.6 Å². The van der Waals surface area contributed by atoms with Crippen molar-refractivity contribution in [2.45, 2.75) is 45.6 Å². The van der Waals surface area contributed by atoms with Crippen molar-refractivity contribution in [1.82, 2.24) is 5.32 Å². The molecule has 0 radical (unpaired) electrons. The lowest BCUT2D eigenvalue weighted by Gasteiger charge is -2.28. The van der Waals surface area contributed by atoms with Crippen LogP contribution < -0.4 is 14.8 Å². The van der Waals surface area contributed by atoms with Crippen molar-refractivity contribution >= 4 is 17.5 Å². The van der Waals surface area contributed by atoms with Crippen molar-refractivity contribution in [2.24, 2.45) is 5.41 Å². The van der Waals surface area contributed by atoms with Crippen LogP contribution in [0.2, 0.25) is 5.02 Å². The van der Waals surface area contributed by atoms with E-state index in [9.17, 15) is 4.79 Å². The topological polar surface area (TPSA) is 47.6 Å². The first-order chi connectivity index (χ1) is 10.5. The van der Waals surface area contributed by atoms with Gasteiger partial charge in [-0.3, -0.25) is 4.79 Å². The summed E-state index contributed by atoms with van der Waals surface area (Å²) in [5.41, 5.74) is 0.669. The van der Waals surface area contributed by atoms with Crippen LogP contribution in [0.4, 0.5) is 0 Å². The van der Waals surface area contributed by atoms with E-state index in [2.05, 4.69) is 19.2 Å². The average molecular weight is 324 g/mol. The number of fused-ring (bicyclic) bond motifs is 1. The van der Waals surface area contributed by atoms with E-state index in [1.165, 1.54) is 0 Å². The molecule has 1 saturated carbocycles. The van der Waals surface area contributed by atoms with Gasteiger partial charge in [-0.25, -0.2) is 0 Å². The molecule has 1 atom stereocenters. The molecule has 120 valence electrons. The molecule has 3 rings (SSSR count). The molecule has 1 fully saturated rings. The Morgan fingerprint density at radius 1 is 1.27 bits per heavy atom. The lowest BCUT2D eigenvalue weighted by molar-refractivity contribution is 0.0909. The van der Waals surface area contributed by atoms with Crippen LogP contribution in [0.3, 0.4) is 0 Å². The van der Waals surface area contributed by atoms with Crippen LogP contribution in [-0.4, -0.2) is 25.2 Å². The minimum absolute atomic E-state index is 0.0995. The monoisotopic (exact) mass is 323 g/mol. The maximum Gasteiger partial charge on any atom is 0.251 e.